The lowest BCUT2D eigenvalue weighted by Gasteiger charge is -2.12. The summed E-state index contributed by atoms with van der Waals surface area (Å²) in [5.74, 6) is 1.26. The Kier molecular flexibility index (Phi) is 12.8. The van der Waals surface area contributed by atoms with Crippen LogP contribution < -0.4 is 15.4 Å². The van der Waals surface area contributed by atoms with E-state index in [1.165, 1.54) is 7.05 Å². The number of rotatable bonds is 10. The van der Waals surface area contributed by atoms with Crippen molar-refractivity contribution in [1.29, 1.82) is 0 Å². The molecule has 0 radical (unpaired) electrons. The molecule has 0 bridgehead atoms. The molecule has 0 aliphatic carbocycles. The Morgan fingerprint density at radius 1 is 1.19 bits per heavy atom. The van der Waals surface area contributed by atoms with E-state index in [0.717, 1.165) is 31.7 Å². The van der Waals surface area contributed by atoms with E-state index in [0.29, 0.717) is 18.4 Å². The topological polar surface area (TPSA) is 91.8 Å². The number of benzene rings is 1. The minimum atomic E-state index is -3.39. The third kappa shape index (κ3) is 9.70. The SMILES string of the molecule is CN=C(NCCCOCC(C)C)NCc1ccc(S(=O)(=O)NC)cc1.I. The van der Waals surface area contributed by atoms with Gasteiger partial charge < -0.3 is 15.4 Å². The van der Waals surface area contributed by atoms with E-state index < -0.39 is 10.0 Å². The van der Waals surface area contributed by atoms with E-state index in [2.05, 4.69) is 34.2 Å². The average Bonchev–Trinajstić information content (AvgIpc) is 2.60. The van der Waals surface area contributed by atoms with Gasteiger partial charge >= 0.3 is 0 Å². The van der Waals surface area contributed by atoms with Crippen LogP contribution in [0.5, 0.6) is 0 Å². The lowest BCUT2D eigenvalue weighted by Crippen LogP contribution is -2.37. The fourth-order valence-corrected chi connectivity index (χ4v) is 2.74. The Morgan fingerprint density at radius 2 is 1.85 bits per heavy atom. The van der Waals surface area contributed by atoms with Gasteiger partial charge in [-0.05, 0) is 37.1 Å². The molecule has 0 saturated heterocycles. The fourth-order valence-electron chi connectivity index (χ4n) is 2.01. The summed E-state index contributed by atoms with van der Waals surface area (Å²) in [7, 11) is -0.282. The van der Waals surface area contributed by atoms with Crippen molar-refractivity contribution in [3.05, 3.63) is 29.8 Å². The molecule has 1 aromatic carbocycles. The van der Waals surface area contributed by atoms with Gasteiger partial charge in [-0.2, -0.15) is 0 Å². The average molecular weight is 498 g/mol. The van der Waals surface area contributed by atoms with Crippen LogP contribution >= 0.6 is 24.0 Å². The molecule has 9 heteroatoms. The van der Waals surface area contributed by atoms with Crippen LogP contribution in [0.4, 0.5) is 0 Å². The molecule has 26 heavy (non-hydrogen) atoms. The number of hydrogen-bond acceptors (Lipinski definition) is 4. The van der Waals surface area contributed by atoms with Crippen molar-refractivity contribution < 1.29 is 13.2 Å². The van der Waals surface area contributed by atoms with Crippen LogP contribution in [0.1, 0.15) is 25.8 Å². The van der Waals surface area contributed by atoms with Crippen molar-refractivity contribution >= 4 is 40.0 Å². The molecule has 1 aromatic rings. The Bertz CT molecular complexity index is 634. The van der Waals surface area contributed by atoms with Gasteiger partial charge in [-0.25, -0.2) is 13.1 Å². The molecule has 3 N–H and O–H groups in total. The van der Waals surface area contributed by atoms with Crippen molar-refractivity contribution in [1.82, 2.24) is 15.4 Å². The second kappa shape index (κ2) is 13.3. The lowest BCUT2D eigenvalue weighted by molar-refractivity contribution is 0.108. The second-order valence-corrected chi connectivity index (χ2v) is 7.91. The number of nitrogens with zero attached hydrogens (tertiary/aromatic N) is 1. The number of aliphatic imine (C=N–C) groups is 1. The van der Waals surface area contributed by atoms with Crippen LogP contribution in [-0.2, 0) is 21.3 Å². The number of nitrogens with one attached hydrogen (secondary N) is 3. The van der Waals surface area contributed by atoms with E-state index in [1.54, 1.807) is 31.3 Å². The van der Waals surface area contributed by atoms with Gasteiger partial charge in [-0.3, -0.25) is 4.99 Å². The minimum absolute atomic E-state index is 0. The van der Waals surface area contributed by atoms with Gasteiger partial charge in [0.25, 0.3) is 0 Å². The van der Waals surface area contributed by atoms with Crippen molar-refractivity contribution in [2.75, 3.05) is 33.9 Å². The third-order valence-electron chi connectivity index (χ3n) is 3.40. The summed E-state index contributed by atoms with van der Waals surface area (Å²) in [6.45, 7) is 7.10. The first-order valence-corrected chi connectivity index (χ1v) is 9.92. The van der Waals surface area contributed by atoms with Crippen LogP contribution in [0.3, 0.4) is 0 Å². The van der Waals surface area contributed by atoms with E-state index in [1.807, 2.05) is 0 Å². The van der Waals surface area contributed by atoms with Crippen LogP contribution in [0.2, 0.25) is 0 Å². The Hall–Kier alpha value is -0.910. The Balaban J connectivity index is 0.00000625. The molecule has 7 nitrogen and oxygen atoms in total. The highest BCUT2D eigenvalue weighted by Crippen LogP contribution is 2.09. The lowest BCUT2D eigenvalue weighted by atomic mass is 10.2. The quantitative estimate of drug-likeness (QED) is 0.199. The molecule has 0 fully saturated rings. The first-order valence-electron chi connectivity index (χ1n) is 8.43. The molecule has 1 rings (SSSR count). The number of ether oxygens (including phenoxy) is 1. The zero-order valence-corrected chi connectivity index (χ0v) is 19.1. The minimum Gasteiger partial charge on any atom is -0.381 e. The van der Waals surface area contributed by atoms with E-state index in [9.17, 15) is 8.42 Å². The van der Waals surface area contributed by atoms with Crippen molar-refractivity contribution in [3.63, 3.8) is 0 Å². The van der Waals surface area contributed by atoms with Crippen LogP contribution in [0.25, 0.3) is 0 Å². The van der Waals surface area contributed by atoms with Crippen LogP contribution in [0.15, 0.2) is 34.2 Å². The molecule has 150 valence electrons. The molecule has 0 aliphatic rings. The highest BCUT2D eigenvalue weighted by Gasteiger charge is 2.10. The van der Waals surface area contributed by atoms with E-state index in [-0.39, 0.29) is 28.9 Å². The summed E-state index contributed by atoms with van der Waals surface area (Å²) in [6.07, 6.45) is 0.907. The van der Waals surface area contributed by atoms with Crippen molar-refractivity contribution in [2.45, 2.75) is 31.7 Å². The van der Waals surface area contributed by atoms with Crippen LogP contribution in [0, 0.1) is 5.92 Å². The number of guanidine groups is 1. The predicted molar refractivity (Wildman–Crippen MR) is 117 cm³/mol. The summed E-state index contributed by atoms with van der Waals surface area (Å²) >= 11 is 0. The number of sulfonamides is 1. The van der Waals surface area contributed by atoms with Crippen molar-refractivity contribution in [2.24, 2.45) is 10.9 Å². The van der Waals surface area contributed by atoms with Gasteiger partial charge in [0.1, 0.15) is 0 Å². The van der Waals surface area contributed by atoms with Crippen molar-refractivity contribution in [3.8, 4) is 0 Å². The molecule has 0 amide bonds. The van der Waals surface area contributed by atoms with Gasteiger partial charge in [0.15, 0.2) is 5.96 Å². The maximum Gasteiger partial charge on any atom is 0.240 e. The largest absolute Gasteiger partial charge is 0.381 e. The van der Waals surface area contributed by atoms with Crippen LogP contribution in [-0.4, -0.2) is 48.2 Å². The van der Waals surface area contributed by atoms with E-state index >= 15 is 0 Å². The zero-order valence-electron chi connectivity index (χ0n) is 15.9. The number of halogens is 1. The molecule has 0 atom stereocenters. The molecule has 0 unspecified atom stereocenters. The zero-order chi connectivity index (χ0) is 18.7. The van der Waals surface area contributed by atoms with Gasteiger partial charge in [0.2, 0.25) is 10.0 Å². The highest BCUT2D eigenvalue weighted by atomic mass is 127. The fraction of sp³-hybridized carbons (Fsp3) is 0.588. The van der Waals surface area contributed by atoms with Gasteiger partial charge in [0, 0.05) is 33.4 Å². The summed E-state index contributed by atoms with van der Waals surface area (Å²) < 4.78 is 31.2. The molecule has 0 saturated carbocycles. The molecule has 0 heterocycles. The maximum atomic E-state index is 11.7. The first kappa shape index (κ1) is 25.1. The summed E-state index contributed by atoms with van der Waals surface area (Å²) in [5, 5.41) is 6.43. The first-order chi connectivity index (χ1) is 11.9. The standard InChI is InChI=1S/C17H30N4O3S.HI/c1-14(2)13-24-11-5-10-20-17(18-3)21-12-15-6-8-16(9-7-15)25(22,23)19-4;/h6-9,14,19H,5,10-13H2,1-4H3,(H2,18,20,21);1H. The van der Waals surface area contributed by atoms with Gasteiger partial charge in [-0.1, -0.05) is 26.0 Å². The summed E-state index contributed by atoms with van der Waals surface area (Å²) in [4.78, 5) is 4.42. The monoisotopic (exact) mass is 498 g/mol. The molecule has 0 aliphatic heterocycles. The Labute approximate surface area is 174 Å². The predicted octanol–water partition coefficient (Wildman–Crippen LogP) is 1.94. The maximum absolute atomic E-state index is 11.7. The highest BCUT2D eigenvalue weighted by molar-refractivity contribution is 14.0. The van der Waals surface area contributed by atoms with Gasteiger partial charge in [0.05, 0.1) is 4.90 Å². The number of hydrogen-bond donors (Lipinski definition) is 3. The summed E-state index contributed by atoms with van der Waals surface area (Å²) in [6, 6.07) is 6.74. The molecule has 0 spiro atoms. The second-order valence-electron chi connectivity index (χ2n) is 6.03. The molecule has 0 aromatic heterocycles. The summed E-state index contributed by atoms with van der Waals surface area (Å²) in [5.41, 5.74) is 0.971. The molecular formula is C17H31IN4O3S. The normalized spacial score (nSPS) is 12.0. The Morgan fingerprint density at radius 3 is 2.38 bits per heavy atom. The molecular weight excluding hydrogens is 467 g/mol. The van der Waals surface area contributed by atoms with Gasteiger partial charge in [-0.15, -0.1) is 24.0 Å². The third-order valence-corrected chi connectivity index (χ3v) is 4.83. The smallest absolute Gasteiger partial charge is 0.240 e. The van der Waals surface area contributed by atoms with E-state index in [4.69, 9.17) is 4.74 Å².